The molecule has 18 heavy (non-hydrogen) atoms. The highest BCUT2D eigenvalue weighted by atomic mass is 35.5. The van der Waals surface area contributed by atoms with Crippen LogP contribution >= 0.6 is 11.6 Å². The molecule has 1 aromatic carbocycles. The Balaban J connectivity index is 2.40. The van der Waals surface area contributed by atoms with Gasteiger partial charge in [-0.25, -0.2) is 0 Å². The monoisotopic (exact) mass is 266 g/mol. The molecule has 0 aromatic heterocycles. The molecule has 0 amide bonds. The van der Waals surface area contributed by atoms with Crippen LogP contribution in [0.5, 0.6) is 0 Å². The Bertz CT molecular complexity index is 427. The summed E-state index contributed by atoms with van der Waals surface area (Å²) >= 11 is 6.21. The van der Waals surface area contributed by atoms with Crippen LogP contribution in [-0.2, 0) is 5.60 Å². The van der Waals surface area contributed by atoms with Crippen molar-refractivity contribution in [2.24, 2.45) is 11.8 Å². The van der Waals surface area contributed by atoms with Gasteiger partial charge in [0.05, 0.1) is 5.60 Å². The highest BCUT2D eigenvalue weighted by Crippen LogP contribution is 2.45. The SMILES string of the molecule is Cc1ccc(C2(O)CCCCC2C(C)C)cc1Cl. The summed E-state index contributed by atoms with van der Waals surface area (Å²) in [6, 6.07) is 6.02. The lowest BCUT2D eigenvalue weighted by molar-refractivity contribution is -0.0721. The molecular weight excluding hydrogens is 244 g/mol. The Morgan fingerprint density at radius 3 is 2.67 bits per heavy atom. The number of halogens is 1. The summed E-state index contributed by atoms with van der Waals surface area (Å²) in [5.74, 6) is 0.834. The van der Waals surface area contributed by atoms with Crippen LogP contribution < -0.4 is 0 Å². The van der Waals surface area contributed by atoms with Crippen molar-refractivity contribution in [2.45, 2.75) is 52.1 Å². The molecule has 1 nitrogen and oxygen atoms in total. The molecule has 100 valence electrons. The van der Waals surface area contributed by atoms with Gasteiger partial charge in [-0.2, -0.15) is 0 Å². The lowest BCUT2D eigenvalue weighted by atomic mass is 9.67. The third-order valence-electron chi connectivity index (χ3n) is 4.41. The minimum atomic E-state index is -0.691. The van der Waals surface area contributed by atoms with Gasteiger partial charge < -0.3 is 5.11 Å². The van der Waals surface area contributed by atoms with Crippen molar-refractivity contribution < 1.29 is 5.11 Å². The first-order valence-electron chi connectivity index (χ1n) is 6.94. The highest BCUT2D eigenvalue weighted by Gasteiger charge is 2.41. The molecule has 0 aliphatic heterocycles. The van der Waals surface area contributed by atoms with Gasteiger partial charge in [0.2, 0.25) is 0 Å². The molecule has 1 aliphatic rings. The zero-order valence-electron chi connectivity index (χ0n) is 11.5. The van der Waals surface area contributed by atoms with E-state index in [1.807, 2.05) is 25.1 Å². The molecular formula is C16H23ClO. The molecule has 2 atom stereocenters. The van der Waals surface area contributed by atoms with Crippen LogP contribution in [0.3, 0.4) is 0 Å². The van der Waals surface area contributed by atoms with Gasteiger partial charge in [-0.15, -0.1) is 0 Å². The number of rotatable bonds is 2. The van der Waals surface area contributed by atoms with Gasteiger partial charge in [0.15, 0.2) is 0 Å². The molecule has 1 N–H and O–H groups in total. The Kier molecular flexibility index (Phi) is 4.03. The maximum absolute atomic E-state index is 11.1. The Morgan fingerprint density at radius 2 is 2.06 bits per heavy atom. The van der Waals surface area contributed by atoms with E-state index in [4.69, 9.17) is 11.6 Å². The largest absolute Gasteiger partial charge is 0.385 e. The minimum Gasteiger partial charge on any atom is -0.385 e. The number of aliphatic hydroxyl groups is 1. The Morgan fingerprint density at radius 1 is 1.33 bits per heavy atom. The molecule has 0 spiro atoms. The first-order valence-corrected chi connectivity index (χ1v) is 7.32. The number of hydrogen-bond acceptors (Lipinski definition) is 1. The van der Waals surface area contributed by atoms with E-state index >= 15 is 0 Å². The zero-order chi connectivity index (χ0) is 13.3. The molecule has 0 heterocycles. The summed E-state index contributed by atoms with van der Waals surface area (Å²) in [7, 11) is 0. The Hall–Kier alpha value is -0.530. The second kappa shape index (κ2) is 5.22. The van der Waals surface area contributed by atoms with E-state index in [9.17, 15) is 5.11 Å². The summed E-state index contributed by atoms with van der Waals surface area (Å²) < 4.78 is 0. The van der Waals surface area contributed by atoms with Crippen molar-refractivity contribution in [1.29, 1.82) is 0 Å². The summed E-state index contributed by atoms with van der Waals surface area (Å²) in [5, 5.41) is 11.9. The molecule has 1 aromatic rings. The predicted molar refractivity (Wildman–Crippen MR) is 76.9 cm³/mol. The smallest absolute Gasteiger partial charge is 0.0927 e. The maximum atomic E-state index is 11.1. The van der Waals surface area contributed by atoms with Crippen molar-refractivity contribution in [3.05, 3.63) is 34.3 Å². The van der Waals surface area contributed by atoms with Crippen LogP contribution in [0, 0.1) is 18.8 Å². The van der Waals surface area contributed by atoms with Crippen molar-refractivity contribution in [3.8, 4) is 0 Å². The third kappa shape index (κ3) is 2.44. The van der Waals surface area contributed by atoms with Gasteiger partial charge in [-0.1, -0.05) is 50.4 Å². The van der Waals surface area contributed by atoms with E-state index in [0.717, 1.165) is 35.4 Å². The second-order valence-electron chi connectivity index (χ2n) is 5.98. The summed E-state index contributed by atoms with van der Waals surface area (Å²) in [6.07, 6.45) is 4.30. The van der Waals surface area contributed by atoms with Crippen molar-refractivity contribution in [1.82, 2.24) is 0 Å². The molecule has 0 bridgehead atoms. The maximum Gasteiger partial charge on any atom is 0.0927 e. The van der Waals surface area contributed by atoms with Crippen molar-refractivity contribution in [2.75, 3.05) is 0 Å². The van der Waals surface area contributed by atoms with Crippen LogP contribution in [0.2, 0.25) is 5.02 Å². The second-order valence-corrected chi connectivity index (χ2v) is 6.39. The van der Waals surface area contributed by atoms with E-state index in [2.05, 4.69) is 13.8 Å². The number of benzene rings is 1. The lowest BCUT2D eigenvalue weighted by Gasteiger charge is -2.43. The highest BCUT2D eigenvalue weighted by molar-refractivity contribution is 6.31. The van der Waals surface area contributed by atoms with Crippen molar-refractivity contribution in [3.63, 3.8) is 0 Å². The molecule has 2 heteroatoms. The molecule has 1 saturated carbocycles. The predicted octanol–water partition coefficient (Wildman–Crippen LogP) is 4.68. The topological polar surface area (TPSA) is 20.2 Å². The molecule has 1 fully saturated rings. The third-order valence-corrected chi connectivity index (χ3v) is 4.82. The normalized spacial score (nSPS) is 28.7. The lowest BCUT2D eigenvalue weighted by Crippen LogP contribution is -2.40. The van der Waals surface area contributed by atoms with Crippen LogP contribution in [0.15, 0.2) is 18.2 Å². The van der Waals surface area contributed by atoms with Crippen LogP contribution in [0.25, 0.3) is 0 Å². The molecule has 2 unspecified atom stereocenters. The van der Waals surface area contributed by atoms with Crippen LogP contribution in [0.4, 0.5) is 0 Å². The average molecular weight is 267 g/mol. The van der Waals surface area contributed by atoms with Gasteiger partial charge >= 0.3 is 0 Å². The fourth-order valence-corrected chi connectivity index (χ4v) is 3.47. The fourth-order valence-electron chi connectivity index (χ4n) is 3.29. The average Bonchev–Trinajstić information content (AvgIpc) is 2.32. The number of hydrogen-bond donors (Lipinski definition) is 1. The summed E-state index contributed by atoms with van der Waals surface area (Å²) in [5.41, 5.74) is 1.38. The Labute approximate surface area is 115 Å². The van der Waals surface area contributed by atoms with Gasteiger partial charge in [0.25, 0.3) is 0 Å². The van der Waals surface area contributed by atoms with E-state index in [0.29, 0.717) is 11.8 Å². The molecule has 0 saturated heterocycles. The van der Waals surface area contributed by atoms with Gasteiger partial charge in [-0.3, -0.25) is 0 Å². The fraction of sp³-hybridized carbons (Fsp3) is 0.625. The van der Waals surface area contributed by atoms with Crippen molar-refractivity contribution >= 4 is 11.6 Å². The quantitative estimate of drug-likeness (QED) is 0.824. The standard InChI is InChI=1S/C16H23ClO/c1-11(2)14-6-4-5-9-16(14,18)13-8-7-12(3)15(17)10-13/h7-8,10-11,14,18H,4-6,9H2,1-3H3. The summed E-state index contributed by atoms with van der Waals surface area (Å²) in [6.45, 7) is 6.41. The first kappa shape index (κ1) is 13.9. The first-order chi connectivity index (χ1) is 8.45. The van der Waals surface area contributed by atoms with Crippen LogP contribution in [-0.4, -0.2) is 5.11 Å². The van der Waals surface area contributed by atoms with Gasteiger partial charge in [0.1, 0.15) is 0 Å². The molecule has 1 aliphatic carbocycles. The van der Waals surface area contributed by atoms with E-state index in [-0.39, 0.29) is 0 Å². The van der Waals surface area contributed by atoms with E-state index < -0.39 is 5.60 Å². The van der Waals surface area contributed by atoms with E-state index in [1.54, 1.807) is 0 Å². The minimum absolute atomic E-state index is 0.338. The van der Waals surface area contributed by atoms with Gasteiger partial charge in [0, 0.05) is 5.02 Å². The zero-order valence-corrected chi connectivity index (χ0v) is 12.3. The van der Waals surface area contributed by atoms with Gasteiger partial charge in [-0.05, 0) is 48.8 Å². The molecule has 0 radical (unpaired) electrons. The van der Waals surface area contributed by atoms with Crippen LogP contribution in [0.1, 0.15) is 50.7 Å². The summed E-state index contributed by atoms with van der Waals surface area (Å²) in [4.78, 5) is 0. The number of aryl methyl sites for hydroxylation is 1. The van der Waals surface area contributed by atoms with E-state index in [1.165, 1.54) is 6.42 Å². The molecule has 2 rings (SSSR count).